The lowest BCUT2D eigenvalue weighted by molar-refractivity contribution is 0.0977. The summed E-state index contributed by atoms with van der Waals surface area (Å²) < 4.78 is 22.6. The summed E-state index contributed by atoms with van der Waals surface area (Å²) in [6.07, 6.45) is -0.375. The van der Waals surface area contributed by atoms with Gasteiger partial charge >= 0.3 is 0 Å². The van der Waals surface area contributed by atoms with Crippen LogP contribution in [0, 0.1) is 0 Å². The molecule has 1 atom stereocenters. The Balaban J connectivity index is 2.12. The average molecular weight is 362 g/mol. The van der Waals surface area contributed by atoms with E-state index in [1.54, 1.807) is 32.4 Å². The van der Waals surface area contributed by atoms with Crippen LogP contribution in [0.3, 0.4) is 0 Å². The van der Waals surface area contributed by atoms with E-state index in [4.69, 9.17) is 36.1 Å². The first kappa shape index (κ1) is 17.1. The molecule has 0 radical (unpaired) electrons. The van der Waals surface area contributed by atoms with Crippen LogP contribution in [0.15, 0.2) is 35.4 Å². The maximum absolute atomic E-state index is 8.50. The molecule has 1 heterocycles. The van der Waals surface area contributed by atoms with Crippen molar-refractivity contribution in [3.63, 3.8) is 0 Å². The van der Waals surface area contributed by atoms with Crippen LogP contribution in [0.4, 0.5) is 0 Å². The van der Waals surface area contributed by atoms with Gasteiger partial charge < -0.3 is 18.9 Å². The molecule has 1 aliphatic heterocycles. The molecule has 130 valence electrons. The fourth-order valence-electron chi connectivity index (χ4n) is 2.70. The summed E-state index contributed by atoms with van der Waals surface area (Å²) in [7, 11) is 3.14. The zero-order valence-electron chi connectivity index (χ0n) is 13.7. The normalized spacial score (nSPS) is 15.2. The van der Waals surface area contributed by atoms with E-state index in [9.17, 15) is 0 Å². The summed E-state index contributed by atoms with van der Waals surface area (Å²) in [6, 6.07) is 9.01. The second-order valence-corrected chi connectivity index (χ2v) is 5.72. The SMILES string of the molecule is COc1cccc(-c2cc(Cl)cc3c2O[C@@H](CN=[N+]=[N-])CO3)c1OC. The number of nitrogens with zero attached hydrogens (tertiary/aromatic N) is 3. The number of hydrogen-bond donors (Lipinski definition) is 0. The number of para-hydroxylation sites is 1. The van der Waals surface area contributed by atoms with Crippen molar-refractivity contribution in [2.24, 2.45) is 5.11 Å². The van der Waals surface area contributed by atoms with Crippen LogP contribution in [-0.2, 0) is 0 Å². The molecule has 0 unspecified atom stereocenters. The molecule has 2 aromatic rings. The zero-order chi connectivity index (χ0) is 17.8. The monoisotopic (exact) mass is 361 g/mol. The number of azide groups is 1. The zero-order valence-corrected chi connectivity index (χ0v) is 14.5. The van der Waals surface area contributed by atoms with Gasteiger partial charge in [-0.1, -0.05) is 28.8 Å². The van der Waals surface area contributed by atoms with Gasteiger partial charge in [0.05, 0.1) is 20.8 Å². The summed E-state index contributed by atoms with van der Waals surface area (Å²) in [5.74, 6) is 2.22. The molecule has 0 saturated heterocycles. The molecule has 0 saturated carbocycles. The molecule has 0 amide bonds. The summed E-state index contributed by atoms with van der Waals surface area (Å²) in [4.78, 5) is 2.76. The van der Waals surface area contributed by atoms with E-state index in [0.29, 0.717) is 33.6 Å². The van der Waals surface area contributed by atoms with E-state index < -0.39 is 0 Å². The maximum atomic E-state index is 8.50. The Hall–Kier alpha value is -2.76. The number of methoxy groups -OCH3 is 2. The van der Waals surface area contributed by atoms with Crippen molar-refractivity contribution in [3.8, 4) is 34.1 Å². The minimum Gasteiger partial charge on any atom is -0.493 e. The summed E-state index contributed by atoms with van der Waals surface area (Å²) in [5.41, 5.74) is 9.97. The van der Waals surface area contributed by atoms with Gasteiger partial charge in [-0.15, -0.1) is 0 Å². The highest BCUT2D eigenvalue weighted by molar-refractivity contribution is 6.31. The molecule has 0 aromatic heterocycles. The van der Waals surface area contributed by atoms with E-state index in [-0.39, 0.29) is 19.3 Å². The largest absolute Gasteiger partial charge is 0.493 e. The number of rotatable bonds is 5. The topological polar surface area (TPSA) is 85.7 Å². The van der Waals surface area contributed by atoms with E-state index >= 15 is 0 Å². The van der Waals surface area contributed by atoms with E-state index in [2.05, 4.69) is 10.0 Å². The van der Waals surface area contributed by atoms with Gasteiger partial charge in [0, 0.05) is 27.1 Å². The Morgan fingerprint density at radius 2 is 2.12 bits per heavy atom. The highest BCUT2D eigenvalue weighted by atomic mass is 35.5. The van der Waals surface area contributed by atoms with Crippen molar-refractivity contribution in [2.45, 2.75) is 6.10 Å². The third kappa shape index (κ3) is 3.38. The maximum Gasteiger partial charge on any atom is 0.169 e. The first-order valence-electron chi connectivity index (χ1n) is 7.53. The van der Waals surface area contributed by atoms with Crippen molar-refractivity contribution >= 4 is 11.6 Å². The molecule has 2 aromatic carbocycles. The Morgan fingerprint density at radius 3 is 2.84 bits per heavy atom. The average Bonchev–Trinajstić information content (AvgIpc) is 2.64. The molecule has 0 fully saturated rings. The van der Waals surface area contributed by atoms with Gasteiger partial charge in [-0.3, -0.25) is 0 Å². The second-order valence-electron chi connectivity index (χ2n) is 5.29. The number of ether oxygens (including phenoxy) is 4. The van der Waals surface area contributed by atoms with Crippen molar-refractivity contribution in [2.75, 3.05) is 27.4 Å². The molecule has 7 nitrogen and oxygen atoms in total. The molecular weight excluding hydrogens is 346 g/mol. The second kappa shape index (κ2) is 7.42. The Kier molecular flexibility index (Phi) is 5.07. The molecule has 0 aliphatic carbocycles. The van der Waals surface area contributed by atoms with Gasteiger partial charge in [-0.2, -0.15) is 0 Å². The minimum atomic E-state index is -0.375. The Labute approximate surface area is 149 Å². The molecule has 0 N–H and O–H groups in total. The third-order valence-electron chi connectivity index (χ3n) is 3.77. The first-order chi connectivity index (χ1) is 12.2. The van der Waals surface area contributed by atoms with Crippen LogP contribution < -0.4 is 18.9 Å². The third-order valence-corrected chi connectivity index (χ3v) is 3.99. The van der Waals surface area contributed by atoms with Crippen molar-refractivity contribution in [1.82, 2.24) is 0 Å². The van der Waals surface area contributed by atoms with Crippen molar-refractivity contribution in [1.29, 1.82) is 0 Å². The minimum absolute atomic E-state index is 0.174. The van der Waals surface area contributed by atoms with E-state index in [1.165, 1.54) is 0 Å². The van der Waals surface area contributed by atoms with Crippen LogP contribution in [0.1, 0.15) is 0 Å². The number of hydrogen-bond acceptors (Lipinski definition) is 5. The number of halogens is 1. The fourth-order valence-corrected chi connectivity index (χ4v) is 2.91. The lowest BCUT2D eigenvalue weighted by Crippen LogP contribution is -2.31. The van der Waals surface area contributed by atoms with Crippen molar-refractivity contribution < 1.29 is 18.9 Å². The van der Waals surface area contributed by atoms with Gasteiger partial charge in [0.1, 0.15) is 12.7 Å². The van der Waals surface area contributed by atoms with Crippen LogP contribution in [0.5, 0.6) is 23.0 Å². The predicted molar refractivity (Wildman–Crippen MR) is 93.9 cm³/mol. The molecule has 1 aliphatic rings. The van der Waals surface area contributed by atoms with Gasteiger partial charge in [0.15, 0.2) is 23.0 Å². The quantitative estimate of drug-likeness (QED) is 0.446. The summed E-state index contributed by atoms with van der Waals surface area (Å²) in [5, 5.41) is 4.06. The smallest absolute Gasteiger partial charge is 0.169 e. The van der Waals surface area contributed by atoms with Gasteiger partial charge in [0.25, 0.3) is 0 Å². The first-order valence-corrected chi connectivity index (χ1v) is 7.91. The standard InChI is InChI=1S/C17H16ClN3O4/c1-22-14-5-3-4-12(16(14)23-2)13-6-10(18)7-15-17(13)25-11(9-24-15)8-20-21-19/h3-7,11H,8-9H2,1-2H3/t11-/m0/s1. The molecule has 3 rings (SSSR count). The Morgan fingerprint density at radius 1 is 1.28 bits per heavy atom. The molecular formula is C17H16ClN3O4. The predicted octanol–water partition coefficient (Wildman–Crippen LogP) is 4.47. The van der Waals surface area contributed by atoms with Gasteiger partial charge in [-0.05, 0) is 17.7 Å². The van der Waals surface area contributed by atoms with Crippen LogP contribution >= 0.6 is 11.6 Å². The van der Waals surface area contributed by atoms with Gasteiger partial charge in [0.2, 0.25) is 0 Å². The van der Waals surface area contributed by atoms with Gasteiger partial charge in [-0.25, -0.2) is 0 Å². The lowest BCUT2D eigenvalue weighted by Gasteiger charge is -2.28. The fraction of sp³-hybridized carbons (Fsp3) is 0.294. The van der Waals surface area contributed by atoms with E-state index in [0.717, 1.165) is 5.56 Å². The lowest BCUT2D eigenvalue weighted by atomic mass is 10.0. The van der Waals surface area contributed by atoms with Crippen LogP contribution in [-0.4, -0.2) is 33.5 Å². The highest BCUT2D eigenvalue weighted by Gasteiger charge is 2.26. The molecule has 0 spiro atoms. The van der Waals surface area contributed by atoms with Crippen LogP contribution in [0.25, 0.3) is 21.6 Å². The number of benzene rings is 2. The van der Waals surface area contributed by atoms with Crippen LogP contribution in [0.2, 0.25) is 5.02 Å². The Bertz CT molecular complexity index is 837. The van der Waals surface area contributed by atoms with E-state index in [1.807, 2.05) is 12.1 Å². The number of fused-ring (bicyclic) bond motifs is 1. The molecule has 8 heteroatoms. The summed E-state index contributed by atoms with van der Waals surface area (Å²) in [6.45, 7) is 0.453. The highest BCUT2D eigenvalue weighted by Crippen LogP contribution is 2.48. The molecule has 25 heavy (non-hydrogen) atoms. The molecule has 0 bridgehead atoms. The van der Waals surface area contributed by atoms with Crippen molar-refractivity contribution in [3.05, 3.63) is 45.8 Å². The summed E-state index contributed by atoms with van der Waals surface area (Å²) >= 11 is 6.25.